The van der Waals surface area contributed by atoms with Gasteiger partial charge in [-0.15, -0.1) is 0 Å². The lowest BCUT2D eigenvalue weighted by atomic mass is 9.93. The van der Waals surface area contributed by atoms with Gasteiger partial charge in [0.1, 0.15) is 5.78 Å². The van der Waals surface area contributed by atoms with Crippen LogP contribution in [0.2, 0.25) is 0 Å². The fourth-order valence-electron chi connectivity index (χ4n) is 2.01. The predicted octanol–water partition coefficient (Wildman–Crippen LogP) is 1.42. The Morgan fingerprint density at radius 3 is 2.44 bits per heavy atom. The van der Waals surface area contributed by atoms with E-state index in [1.165, 1.54) is 4.31 Å². The second kappa shape index (κ2) is 4.45. The van der Waals surface area contributed by atoms with Crippen LogP contribution in [0.25, 0.3) is 0 Å². The van der Waals surface area contributed by atoms with Gasteiger partial charge in [-0.3, -0.25) is 4.79 Å². The molecular weight excluding hydrogens is 226 g/mol. The molecule has 0 atom stereocenters. The van der Waals surface area contributed by atoms with Crippen molar-refractivity contribution in [3.05, 3.63) is 0 Å². The summed E-state index contributed by atoms with van der Waals surface area (Å²) in [5.74, 6) is 0.216. The molecule has 1 fully saturated rings. The fourth-order valence-corrected chi connectivity index (χ4v) is 4.22. The first-order valence-electron chi connectivity index (χ1n) is 5.67. The molecule has 0 aromatic heterocycles. The summed E-state index contributed by atoms with van der Waals surface area (Å²) in [5, 5.41) is 0. The van der Waals surface area contributed by atoms with E-state index in [2.05, 4.69) is 0 Å². The van der Waals surface area contributed by atoms with Crippen LogP contribution < -0.4 is 0 Å². The molecule has 0 spiro atoms. The fraction of sp³-hybridized carbons (Fsp3) is 0.909. The van der Waals surface area contributed by atoms with Crippen LogP contribution in [0.5, 0.6) is 0 Å². The van der Waals surface area contributed by atoms with Crippen molar-refractivity contribution < 1.29 is 13.2 Å². The number of ketones is 1. The quantitative estimate of drug-likeness (QED) is 0.758. The Morgan fingerprint density at radius 1 is 1.38 bits per heavy atom. The maximum Gasteiger partial charge on any atom is 0.215 e. The molecule has 0 aromatic carbocycles. The van der Waals surface area contributed by atoms with Gasteiger partial charge in [0.2, 0.25) is 10.0 Å². The summed E-state index contributed by atoms with van der Waals surface area (Å²) in [6.45, 7) is 7.56. The molecule has 94 valence electrons. The van der Waals surface area contributed by atoms with E-state index in [1.54, 1.807) is 0 Å². The summed E-state index contributed by atoms with van der Waals surface area (Å²) < 4.78 is 25.6. The Hall–Kier alpha value is -0.420. The predicted molar refractivity (Wildman–Crippen MR) is 63.7 cm³/mol. The third kappa shape index (κ3) is 3.04. The van der Waals surface area contributed by atoms with Crippen molar-refractivity contribution in [3.63, 3.8) is 0 Å². The molecular formula is C11H21NO3S. The topological polar surface area (TPSA) is 54.5 Å². The molecule has 0 aromatic rings. The maximum absolute atomic E-state index is 12.1. The van der Waals surface area contributed by atoms with Crippen molar-refractivity contribution in [2.45, 2.75) is 46.1 Å². The van der Waals surface area contributed by atoms with Crippen LogP contribution in [-0.2, 0) is 14.8 Å². The molecule has 1 heterocycles. The number of Topliss-reactive ketones (excluding diaryl/α,β-unsaturated/α-hetero) is 1. The van der Waals surface area contributed by atoms with Crippen LogP contribution in [0, 0.1) is 5.92 Å². The average Bonchev–Trinajstić information content (AvgIpc) is 2.07. The summed E-state index contributed by atoms with van der Waals surface area (Å²) in [4.78, 5) is 11.4. The summed E-state index contributed by atoms with van der Waals surface area (Å²) in [6.07, 6.45) is 1.10. The molecule has 0 aliphatic carbocycles. The van der Waals surface area contributed by atoms with Gasteiger partial charge in [-0.2, -0.15) is 4.31 Å². The van der Waals surface area contributed by atoms with Crippen molar-refractivity contribution in [2.24, 2.45) is 5.92 Å². The minimum Gasteiger partial charge on any atom is -0.298 e. The van der Waals surface area contributed by atoms with Crippen LogP contribution in [0.4, 0.5) is 0 Å². The van der Waals surface area contributed by atoms with Crippen molar-refractivity contribution in [2.75, 3.05) is 12.3 Å². The highest BCUT2D eigenvalue weighted by atomic mass is 32.2. The third-order valence-electron chi connectivity index (χ3n) is 2.89. The van der Waals surface area contributed by atoms with Crippen molar-refractivity contribution in [1.82, 2.24) is 4.31 Å². The number of nitrogens with zero attached hydrogens (tertiary/aromatic N) is 1. The second-order valence-corrected chi connectivity index (χ2v) is 7.47. The largest absolute Gasteiger partial charge is 0.298 e. The van der Waals surface area contributed by atoms with E-state index < -0.39 is 15.6 Å². The minimum atomic E-state index is -3.31. The molecule has 5 heteroatoms. The van der Waals surface area contributed by atoms with Gasteiger partial charge in [0.15, 0.2) is 0 Å². The zero-order valence-electron chi connectivity index (χ0n) is 10.5. The first-order valence-corrected chi connectivity index (χ1v) is 7.28. The van der Waals surface area contributed by atoms with Gasteiger partial charge in [-0.25, -0.2) is 8.42 Å². The van der Waals surface area contributed by atoms with Crippen molar-refractivity contribution in [3.8, 4) is 0 Å². The van der Waals surface area contributed by atoms with Crippen LogP contribution in [-0.4, -0.2) is 36.3 Å². The number of piperidine rings is 1. The molecule has 4 nitrogen and oxygen atoms in total. The van der Waals surface area contributed by atoms with Gasteiger partial charge in [-0.1, -0.05) is 13.8 Å². The van der Waals surface area contributed by atoms with Crippen molar-refractivity contribution in [1.29, 1.82) is 0 Å². The van der Waals surface area contributed by atoms with E-state index in [1.807, 2.05) is 27.7 Å². The molecule has 0 amide bonds. The number of sulfonamides is 1. The van der Waals surface area contributed by atoms with Gasteiger partial charge >= 0.3 is 0 Å². The molecule has 1 saturated heterocycles. The monoisotopic (exact) mass is 247 g/mol. The number of rotatable bonds is 3. The van der Waals surface area contributed by atoms with Gasteiger partial charge < -0.3 is 0 Å². The highest BCUT2D eigenvalue weighted by Crippen LogP contribution is 2.29. The van der Waals surface area contributed by atoms with Gasteiger partial charge in [0.25, 0.3) is 0 Å². The highest BCUT2D eigenvalue weighted by molar-refractivity contribution is 7.89. The van der Waals surface area contributed by atoms with E-state index in [-0.39, 0.29) is 24.0 Å². The Morgan fingerprint density at radius 2 is 1.94 bits per heavy atom. The highest BCUT2D eigenvalue weighted by Gasteiger charge is 2.40. The molecule has 16 heavy (non-hydrogen) atoms. The second-order valence-electron chi connectivity index (χ2n) is 5.53. The van der Waals surface area contributed by atoms with E-state index in [9.17, 15) is 13.2 Å². The average molecular weight is 247 g/mol. The van der Waals surface area contributed by atoms with E-state index in [0.29, 0.717) is 12.8 Å². The Balaban J connectivity index is 2.95. The van der Waals surface area contributed by atoms with Crippen molar-refractivity contribution >= 4 is 15.8 Å². The van der Waals surface area contributed by atoms with Gasteiger partial charge in [0, 0.05) is 12.0 Å². The van der Waals surface area contributed by atoms with E-state index in [0.717, 1.165) is 0 Å². The zero-order chi connectivity index (χ0) is 12.6. The number of hydrogen-bond donors (Lipinski definition) is 0. The Labute approximate surface area is 98.1 Å². The smallest absolute Gasteiger partial charge is 0.215 e. The SMILES string of the molecule is CC(C)CS(=O)(=O)N1CC(=O)CCC1(C)C. The summed E-state index contributed by atoms with van der Waals surface area (Å²) in [5.41, 5.74) is -0.429. The van der Waals surface area contributed by atoms with Gasteiger partial charge in [0.05, 0.1) is 12.3 Å². The van der Waals surface area contributed by atoms with E-state index in [4.69, 9.17) is 0 Å². The first kappa shape index (κ1) is 13.6. The molecule has 1 aliphatic rings. The standard InChI is InChI=1S/C11H21NO3S/c1-9(2)8-16(14,15)12-7-10(13)5-6-11(12,3)4/h9H,5-8H2,1-4H3. The molecule has 0 unspecified atom stereocenters. The summed E-state index contributed by atoms with van der Waals surface area (Å²) in [6, 6.07) is 0. The van der Waals surface area contributed by atoms with Crippen LogP contribution in [0.15, 0.2) is 0 Å². The zero-order valence-corrected chi connectivity index (χ0v) is 11.3. The lowest BCUT2D eigenvalue weighted by Gasteiger charge is -2.40. The number of carbonyl (C=O) groups excluding carboxylic acids is 1. The summed E-state index contributed by atoms with van der Waals surface area (Å²) in [7, 11) is -3.31. The molecule has 1 aliphatic heterocycles. The lowest BCUT2D eigenvalue weighted by molar-refractivity contribution is -0.123. The van der Waals surface area contributed by atoms with Crippen LogP contribution >= 0.6 is 0 Å². The molecule has 0 N–H and O–H groups in total. The van der Waals surface area contributed by atoms with E-state index >= 15 is 0 Å². The number of carbonyl (C=O) groups is 1. The Bertz CT molecular complexity index is 371. The summed E-state index contributed by atoms with van der Waals surface area (Å²) >= 11 is 0. The minimum absolute atomic E-state index is 0.0201. The Kier molecular flexibility index (Phi) is 3.80. The molecule has 0 radical (unpaired) electrons. The molecule has 0 bridgehead atoms. The molecule has 1 rings (SSSR count). The third-order valence-corrected chi connectivity index (χ3v) is 5.27. The number of hydrogen-bond acceptors (Lipinski definition) is 3. The normalized spacial score (nSPS) is 22.7. The first-order chi connectivity index (χ1) is 7.15. The van der Waals surface area contributed by atoms with Gasteiger partial charge in [-0.05, 0) is 26.2 Å². The van der Waals surface area contributed by atoms with Crippen LogP contribution in [0.3, 0.4) is 0 Å². The van der Waals surface area contributed by atoms with Crippen LogP contribution in [0.1, 0.15) is 40.5 Å². The molecule has 0 saturated carbocycles. The maximum atomic E-state index is 12.1. The lowest BCUT2D eigenvalue weighted by Crippen LogP contribution is -2.54.